The molecule has 0 saturated carbocycles. The van der Waals surface area contributed by atoms with E-state index in [9.17, 15) is 4.79 Å². The smallest absolute Gasteiger partial charge is 0.315 e. The van der Waals surface area contributed by atoms with Gasteiger partial charge in [-0.2, -0.15) is 5.10 Å². The molecule has 24 heavy (non-hydrogen) atoms. The van der Waals surface area contributed by atoms with Crippen molar-refractivity contribution in [3.63, 3.8) is 0 Å². The Labute approximate surface area is 142 Å². The van der Waals surface area contributed by atoms with E-state index in [4.69, 9.17) is 4.42 Å². The Kier molecular flexibility index (Phi) is 5.53. The second-order valence-electron chi connectivity index (χ2n) is 6.26. The summed E-state index contributed by atoms with van der Waals surface area (Å²) in [6, 6.07) is 5.67. The molecule has 1 aliphatic rings. The van der Waals surface area contributed by atoms with Crippen molar-refractivity contribution in [3.8, 4) is 0 Å². The van der Waals surface area contributed by atoms with Gasteiger partial charge in [0.25, 0.3) is 0 Å². The van der Waals surface area contributed by atoms with E-state index in [1.807, 2.05) is 31.3 Å². The van der Waals surface area contributed by atoms with Gasteiger partial charge >= 0.3 is 6.03 Å². The number of carbonyl (C=O) groups is 1. The highest BCUT2D eigenvalue weighted by Gasteiger charge is 2.26. The molecule has 3 heterocycles. The van der Waals surface area contributed by atoms with Crippen LogP contribution in [0.1, 0.15) is 31.6 Å². The van der Waals surface area contributed by atoms with Crippen LogP contribution in [-0.4, -0.2) is 46.4 Å². The number of rotatable bonds is 7. The average Bonchev–Trinajstić information content (AvgIpc) is 3.31. The van der Waals surface area contributed by atoms with Gasteiger partial charge in [-0.1, -0.05) is 0 Å². The molecule has 2 amide bonds. The molecule has 130 valence electrons. The first-order valence-electron chi connectivity index (χ1n) is 8.51. The van der Waals surface area contributed by atoms with Gasteiger partial charge < -0.3 is 15.1 Å². The van der Waals surface area contributed by atoms with Crippen molar-refractivity contribution in [2.24, 2.45) is 0 Å². The third-order valence-electron chi connectivity index (χ3n) is 4.31. The normalized spacial score (nSPS) is 17.5. The molecule has 2 atom stereocenters. The maximum absolute atomic E-state index is 12.2. The van der Waals surface area contributed by atoms with E-state index in [0.29, 0.717) is 13.1 Å². The largest absolute Gasteiger partial charge is 0.468 e. The molecule has 0 aromatic carbocycles. The average molecular weight is 331 g/mol. The summed E-state index contributed by atoms with van der Waals surface area (Å²) in [5.41, 5.74) is 0. The number of hydrogen-bond donors (Lipinski definition) is 2. The molecule has 2 aromatic heterocycles. The van der Waals surface area contributed by atoms with Crippen molar-refractivity contribution < 1.29 is 9.21 Å². The molecule has 2 aromatic rings. The quantitative estimate of drug-likeness (QED) is 0.814. The number of aromatic nitrogens is 2. The summed E-state index contributed by atoms with van der Waals surface area (Å²) in [6.07, 6.45) is 7.70. The Hall–Kier alpha value is -2.28. The molecular weight excluding hydrogens is 306 g/mol. The number of amides is 2. The van der Waals surface area contributed by atoms with Crippen LogP contribution in [0.4, 0.5) is 4.79 Å². The molecular formula is C17H25N5O2. The van der Waals surface area contributed by atoms with E-state index in [0.717, 1.165) is 18.8 Å². The van der Waals surface area contributed by atoms with Gasteiger partial charge in [-0.15, -0.1) is 0 Å². The highest BCUT2D eigenvalue weighted by molar-refractivity contribution is 5.74. The van der Waals surface area contributed by atoms with Gasteiger partial charge in [-0.3, -0.25) is 9.58 Å². The lowest BCUT2D eigenvalue weighted by atomic mass is 10.2. The van der Waals surface area contributed by atoms with E-state index in [2.05, 4.69) is 20.6 Å². The number of nitrogens with zero attached hydrogens (tertiary/aromatic N) is 3. The van der Waals surface area contributed by atoms with Crippen LogP contribution < -0.4 is 10.6 Å². The predicted molar refractivity (Wildman–Crippen MR) is 90.5 cm³/mol. The Morgan fingerprint density at radius 1 is 1.38 bits per heavy atom. The summed E-state index contributed by atoms with van der Waals surface area (Å²) in [5, 5.41) is 10.1. The minimum atomic E-state index is -0.162. The minimum absolute atomic E-state index is 0.00116. The summed E-state index contributed by atoms with van der Waals surface area (Å²) >= 11 is 0. The molecule has 7 heteroatoms. The van der Waals surface area contributed by atoms with E-state index >= 15 is 0 Å². The fourth-order valence-electron chi connectivity index (χ4n) is 3.14. The Balaban J connectivity index is 1.49. The zero-order valence-electron chi connectivity index (χ0n) is 14.0. The van der Waals surface area contributed by atoms with Crippen molar-refractivity contribution >= 4 is 6.03 Å². The molecule has 0 bridgehead atoms. The SMILES string of the molecule is C[C@@H](Cn1cccn1)NC(=O)NC[C@H](c1ccco1)N1CCCC1. The maximum Gasteiger partial charge on any atom is 0.315 e. The number of carbonyl (C=O) groups excluding carboxylic acids is 1. The standard InChI is InChI=1S/C17H25N5O2/c1-14(13-22-10-5-7-19-22)20-17(23)18-12-15(16-6-4-11-24-16)21-8-2-3-9-21/h4-7,10-11,14-15H,2-3,8-9,12-13H2,1H3,(H2,18,20,23)/t14-,15+/m0/s1. The van der Waals surface area contributed by atoms with E-state index in [1.165, 1.54) is 12.8 Å². The third-order valence-corrected chi connectivity index (χ3v) is 4.31. The molecule has 7 nitrogen and oxygen atoms in total. The lowest BCUT2D eigenvalue weighted by Crippen LogP contribution is -2.45. The van der Waals surface area contributed by atoms with Crippen LogP contribution in [0.25, 0.3) is 0 Å². The fraction of sp³-hybridized carbons (Fsp3) is 0.529. The molecule has 0 unspecified atom stereocenters. The second-order valence-corrected chi connectivity index (χ2v) is 6.26. The molecule has 0 aliphatic carbocycles. The van der Waals surface area contributed by atoms with Crippen molar-refractivity contribution in [1.29, 1.82) is 0 Å². The van der Waals surface area contributed by atoms with E-state index in [1.54, 1.807) is 17.1 Å². The number of nitrogens with one attached hydrogen (secondary N) is 2. The van der Waals surface area contributed by atoms with Gasteiger partial charge in [0.1, 0.15) is 5.76 Å². The van der Waals surface area contributed by atoms with Gasteiger partial charge in [0, 0.05) is 25.0 Å². The van der Waals surface area contributed by atoms with E-state index in [-0.39, 0.29) is 18.1 Å². The first-order chi connectivity index (χ1) is 11.7. The lowest BCUT2D eigenvalue weighted by molar-refractivity contribution is 0.202. The number of furan rings is 1. The monoisotopic (exact) mass is 331 g/mol. The van der Waals surface area contributed by atoms with Crippen molar-refractivity contribution in [3.05, 3.63) is 42.6 Å². The second kappa shape index (κ2) is 8.01. The summed E-state index contributed by atoms with van der Waals surface area (Å²) in [5.74, 6) is 0.904. The first-order valence-corrected chi connectivity index (χ1v) is 8.51. The number of likely N-dealkylation sites (tertiary alicyclic amines) is 1. The van der Waals surface area contributed by atoms with Crippen LogP contribution in [0.3, 0.4) is 0 Å². The zero-order chi connectivity index (χ0) is 16.8. The summed E-state index contributed by atoms with van der Waals surface area (Å²) in [7, 11) is 0. The molecule has 0 spiro atoms. The third kappa shape index (κ3) is 4.38. The predicted octanol–water partition coefficient (Wildman–Crippen LogP) is 2.00. The highest BCUT2D eigenvalue weighted by atomic mass is 16.3. The van der Waals surface area contributed by atoms with Crippen LogP contribution in [0.5, 0.6) is 0 Å². The molecule has 1 fully saturated rings. The van der Waals surface area contributed by atoms with Gasteiger partial charge in [0.2, 0.25) is 0 Å². The van der Waals surface area contributed by atoms with Gasteiger partial charge in [0.05, 0.1) is 18.8 Å². The first kappa shape index (κ1) is 16.6. The minimum Gasteiger partial charge on any atom is -0.468 e. The number of urea groups is 1. The van der Waals surface area contributed by atoms with Gasteiger partial charge in [-0.25, -0.2) is 4.79 Å². The summed E-state index contributed by atoms with van der Waals surface area (Å²) in [4.78, 5) is 14.5. The van der Waals surface area contributed by atoms with Crippen molar-refractivity contribution in [1.82, 2.24) is 25.3 Å². The zero-order valence-corrected chi connectivity index (χ0v) is 14.0. The van der Waals surface area contributed by atoms with Gasteiger partial charge in [-0.05, 0) is 51.1 Å². The Bertz CT molecular complexity index is 605. The van der Waals surface area contributed by atoms with Crippen LogP contribution in [-0.2, 0) is 6.54 Å². The topological polar surface area (TPSA) is 75.3 Å². The number of hydrogen-bond acceptors (Lipinski definition) is 4. The summed E-state index contributed by atoms with van der Waals surface area (Å²) < 4.78 is 7.37. The van der Waals surface area contributed by atoms with Crippen LogP contribution in [0, 0.1) is 0 Å². The van der Waals surface area contributed by atoms with Crippen LogP contribution in [0.15, 0.2) is 41.3 Å². The van der Waals surface area contributed by atoms with Crippen molar-refractivity contribution in [2.75, 3.05) is 19.6 Å². The fourth-order valence-corrected chi connectivity index (χ4v) is 3.14. The Morgan fingerprint density at radius 2 is 2.21 bits per heavy atom. The molecule has 2 N–H and O–H groups in total. The maximum atomic E-state index is 12.2. The van der Waals surface area contributed by atoms with Gasteiger partial charge in [0.15, 0.2) is 0 Å². The lowest BCUT2D eigenvalue weighted by Gasteiger charge is -2.26. The summed E-state index contributed by atoms with van der Waals surface area (Å²) in [6.45, 7) is 5.24. The molecule has 3 rings (SSSR count). The molecule has 0 radical (unpaired) electrons. The van der Waals surface area contributed by atoms with Crippen LogP contribution >= 0.6 is 0 Å². The van der Waals surface area contributed by atoms with Crippen molar-refractivity contribution in [2.45, 2.75) is 38.4 Å². The molecule has 1 saturated heterocycles. The van der Waals surface area contributed by atoms with E-state index < -0.39 is 0 Å². The van der Waals surface area contributed by atoms with Crippen LogP contribution in [0.2, 0.25) is 0 Å². The highest BCUT2D eigenvalue weighted by Crippen LogP contribution is 2.24. The molecule has 1 aliphatic heterocycles. The Morgan fingerprint density at radius 3 is 2.88 bits per heavy atom.